The van der Waals surface area contributed by atoms with Crippen molar-refractivity contribution in [2.24, 2.45) is 0 Å². The van der Waals surface area contributed by atoms with Gasteiger partial charge in [0.15, 0.2) is 0 Å². The Hall–Kier alpha value is -2.14. The first kappa shape index (κ1) is 13.3. The van der Waals surface area contributed by atoms with E-state index in [9.17, 15) is 14.9 Å². The van der Waals surface area contributed by atoms with Crippen LogP contribution in [-0.2, 0) is 6.54 Å². The summed E-state index contributed by atoms with van der Waals surface area (Å²) in [5.41, 5.74) is 1.16. The van der Waals surface area contributed by atoms with E-state index in [0.29, 0.717) is 5.56 Å². The van der Waals surface area contributed by atoms with Gasteiger partial charge in [-0.3, -0.25) is 14.9 Å². The molecule has 1 aromatic carbocycles. The molecule has 0 atom stereocenters. The van der Waals surface area contributed by atoms with Gasteiger partial charge in [-0.25, -0.2) is 0 Å². The molecule has 0 saturated heterocycles. The number of nitro benzene ring substituents is 1. The van der Waals surface area contributed by atoms with E-state index in [2.05, 4.69) is 0 Å². The minimum atomic E-state index is -0.535. The summed E-state index contributed by atoms with van der Waals surface area (Å²) in [5, 5.41) is 10.9. The monoisotopic (exact) mass is 278 g/mol. The van der Waals surface area contributed by atoms with Gasteiger partial charge in [0.05, 0.1) is 11.5 Å². The highest BCUT2D eigenvalue weighted by Gasteiger charge is 2.13. The molecule has 0 fully saturated rings. The topological polar surface area (TPSA) is 65.1 Å². The van der Waals surface area contributed by atoms with E-state index < -0.39 is 4.92 Å². The highest BCUT2D eigenvalue weighted by atomic mass is 35.5. The van der Waals surface area contributed by atoms with Crippen LogP contribution in [0.2, 0.25) is 5.02 Å². The van der Waals surface area contributed by atoms with Crippen molar-refractivity contribution >= 4 is 17.3 Å². The summed E-state index contributed by atoms with van der Waals surface area (Å²) in [4.78, 5) is 22.0. The van der Waals surface area contributed by atoms with Gasteiger partial charge in [-0.1, -0.05) is 23.7 Å². The maximum absolute atomic E-state index is 11.7. The van der Waals surface area contributed by atoms with Gasteiger partial charge in [0.2, 0.25) is 0 Å². The molecule has 0 spiro atoms. The molecular formula is C13H11ClN2O3. The predicted octanol–water partition coefficient (Wildman–Crippen LogP) is 2.77. The lowest BCUT2D eigenvalue weighted by molar-refractivity contribution is -0.384. The number of pyridine rings is 1. The zero-order valence-corrected chi connectivity index (χ0v) is 10.9. The summed E-state index contributed by atoms with van der Waals surface area (Å²) in [5.74, 6) is 0. The quantitative estimate of drug-likeness (QED) is 0.640. The second-order valence-electron chi connectivity index (χ2n) is 4.13. The number of hydrogen-bond donors (Lipinski definition) is 0. The van der Waals surface area contributed by atoms with Crippen LogP contribution in [0.4, 0.5) is 5.69 Å². The van der Waals surface area contributed by atoms with Crippen molar-refractivity contribution in [1.82, 2.24) is 4.57 Å². The van der Waals surface area contributed by atoms with Crippen molar-refractivity contribution in [2.45, 2.75) is 13.5 Å². The third-order valence-electron chi connectivity index (χ3n) is 2.82. The van der Waals surface area contributed by atoms with Crippen LogP contribution < -0.4 is 5.56 Å². The Balaban J connectivity index is 2.42. The van der Waals surface area contributed by atoms with Crippen molar-refractivity contribution in [3.63, 3.8) is 0 Å². The Morgan fingerprint density at radius 3 is 2.68 bits per heavy atom. The predicted molar refractivity (Wildman–Crippen MR) is 72.6 cm³/mol. The van der Waals surface area contributed by atoms with Crippen LogP contribution in [0.5, 0.6) is 0 Å². The Kier molecular flexibility index (Phi) is 3.66. The molecule has 0 unspecified atom stereocenters. The van der Waals surface area contributed by atoms with Crippen LogP contribution in [0.15, 0.2) is 41.2 Å². The molecule has 98 valence electrons. The molecule has 0 bridgehead atoms. The minimum Gasteiger partial charge on any atom is -0.309 e. The third kappa shape index (κ3) is 2.82. The molecule has 1 aromatic heterocycles. The van der Waals surface area contributed by atoms with Crippen molar-refractivity contribution < 1.29 is 4.92 Å². The van der Waals surface area contributed by atoms with Crippen molar-refractivity contribution in [3.8, 4) is 0 Å². The molecular weight excluding hydrogens is 268 g/mol. The highest BCUT2D eigenvalue weighted by molar-refractivity contribution is 6.32. The fourth-order valence-corrected chi connectivity index (χ4v) is 1.99. The molecule has 1 heterocycles. The first-order valence-electron chi connectivity index (χ1n) is 5.58. The molecule has 2 aromatic rings. The Bertz CT molecular complexity index is 695. The normalized spacial score (nSPS) is 10.4. The maximum atomic E-state index is 11.7. The van der Waals surface area contributed by atoms with E-state index >= 15 is 0 Å². The van der Waals surface area contributed by atoms with Crippen LogP contribution in [-0.4, -0.2) is 9.49 Å². The smallest absolute Gasteiger partial charge is 0.288 e. The third-order valence-corrected chi connectivity index (χ3v) is 3.14. The summed E-state index contributed by atoms with van der Waals surface area (Å²) in [6.07, 6.45) is 0. The van der Waals surface area contributed by atoms with Crippen LogP contribution in [0.25, 0.3) is 0 Å². The lowest BCUT2D eigenvalue weighted by Gasteiger charge is -2.09. The summed E-state index contributed by atoms with van der Waals surface area (Å²) >= 11 is 5.75. The van der Waals surface area contributed by atoms with Crippen molar-refractivity contribution in [2.75, 3.05) is 0 Å². The standard InChI is InChI=1S/C13H11ClN2O3/c1-9-3-2-4-13(17)15(9)8-10-5-6-11(14)12(7-10)16(18)19/h2-7H,8H2,1H3. The molecule has 0 amide bonds. The Morgan fingerprint density at radius 1 is 1.32 bits per heavy atom. The molecule has 0 aliphatic carbocycles. The first-order valence-corrected chi connectivity index (χ1v) is 5.96. The SMILES string of the molecule is Cc1cccc(=O)n1Cc1ccc(Cl)c([N+](=O)[O-])c1. The van der Waals surface area contributed by atoms with E-state index in [-0.39, 0.29) is 22.8 Å². The lowest BCUT2D eigenvalue weighted by Crippen LogP contribution is -2.21. The highest BCUT2D eigenvalue weighted by Crippen LogP contribution is 2.25. The van der Waals surface area contributed by atoms with E-state index in [1.807, 2.05) is 13.0 Å². The molecule has 19 heavy (non-hydrogen) atoms. The van der Waals surface area contributed by atoms with Crippen LogP contribution in [0.3, 0.4) is 0 Å². The molecule has 0 N–H and O–H groups in total. The molecule has 2 rings (SSSR count). The molecule has 0 aliphatic heterocycles. The van der Waals surface area contributed by atoms with Gasteiger partial charge in [0.1, 0.15) is 5.02 Å². The summed E-state index contributed by atoms with van der Waals surface area (Å²) in [6, 6.07) is 9.48. The number of aryl methyl sites for hydroxylation is 1. The van der Waals surface area contributed by atoms with Gasteiger partial charge in [0.25, 0.3) is 11.2 Å². The number of rotatable bonds is 3. The van der Waals surface area contributed by atoms with E-state index in [1.54, 1.807) is 16.7 Å². The largest absolute Gasteiger partial charge is 0.309 e. The van der Waals surface area contributed by atoms with Gasteiger partial charge in [-0.15, -0.1) is 0 Å². The van der Waals surface area contributed by atoms with Crippen LogP contribution in [0.1, 0.15) is 11.3 Å². The number of hydrogen-bond acceptors (Lipinski definition) is 3. The fourth-order valence-electron chi connectivity index (χ4n) is 1.81. The average molecular weight is 279 g/mol. The fraction of sp³-hybridized carbons (Fsp3) is 0.154. The zero-order valence-electron chi connectivity index (χ0n) is 10.2. The Morgan fingerprint density at radius 2 is 2.05 bits per heavy atom. The van der Waals surface area contributed by atoms with E-state index in [0.717, 1.165) is 5.69 Å². The molecule has 6 heteroatoms. The van der Waals surface area contributed by atoms with Gasteiger partial charge in [-0.05, 0) is 24.6 Å². The number of nitrogens with zero attached hydrogens (tertiary/aromatic N) is 2. The van der Waals surface area contributed by atoms with E-state index in [1.165, 1.54) is 18.2 Å². The second kappa shape index (κ2) is 5.24. The van der Waals surface area contributed by atoms with Crippen LogP contribution in [0, 0.1) is 17.0 Å². The lowest BCUT2D eigenvalue weighted by atomic mass is 10.2. The van der Waals surface area contributed by atoms with Crippen molar-refractivity contribution in [1.29, 1.82) is 0 Å². The van der Waals surface area contributed by atoms with Gasteiger partial charge >= 0.3 is 0 Å². The summed E-state index contributed by atoms with van der Waals surface area (Å²) < 4.78 is 1.55. The Labute approximate surface area is 114 Å². The summed E-state index contributed by atoms with van der Waals surface area (Å²) in [6.45, 7) is 2.09. The minimum absolute atomic E-state index is 0.0888. The summed E-state index contributed by atoms with van der Waals surface area (Å²) in [7, 11) is 0. The zero-order chi connectivity index (χ0) is 14.0. The molecule has 0 radical (unpaired) electrons. The van der Waals surface area contributed by atoms with Gasteiger partial charge < -0.3 is 4.57 Å². The second-order valence-corrected chi connectivity index (χ2v) is 4.54. The molecule has 5 nitrogen and oxygen atoms in total. The number of halogens is 1. The van der Waals surface area contributed by atoms with Gasteiger partial charge in [0, 0.05) is 17.8 Å². The van der Waals surface area contributed by atoms with E-state index in [4.69, 9.17) is 11.6 Å². The number of nitro groups is 1. The van der Waals surface area contributed by atoms with Crippen molar-refractivity contribution in [3.05, 3.63) is 73.1 Å². The molecule has 0 aliphatic rings. The first-order chi connectivity index (χ1) is 8.99. The van der Waals surface area contributed by atoms with Gasteiger partial charge in [-0.2, -0.15) is 0 Å². The average Bonchev–Trinajstić information content (AvgIpc) is 2.35. The van der Waals surface area contributed by atoms with Crippen LogP contribution >= 0.6 is 11.6 Å². The number of aromatic nitrogens is 1. The maximum Gasteiger partial charge on any atom is 0.288 e. The number of benzene rings is 1. The molecule has 0 saturated carbocycles.